The highest BCUT2D eigenvalue weighted by Gasteiger charge is 2.26. The minimum absolute atomic E-state index is 0.0298. The number of aryl methyl sites for hydroxylation is 2. The molecule has 0 atom stereocenters. The van der Waals surface area contributed by atoms with E-state index in [1.165, 1.54) is 9.80 Å². The summed E-state index contributed by atoms with van der Waals surface area (Å²) in [6.45, 7) is 12.3. The van der Waals surface area contributed by atoms with Gasteiger partial charge in [-0.3, -0.25) is 39.6 Å². The van der Waals surface area contributed by atoms with Gasteiger partial charge in [0.05, 0.1) is 0 Å². The number of carbonyl (C=O) groups is 7. The highest BCUT2D eigenvalue weighted by Crippen LogP contribution is 2.23. The van der Waals surface area contributed by atoms with E-state index in [4.69, 9.17) is 4.74 Å². The molecule has 16 nitrogen and oxygen atoms in total. The van der Waals surface area contributed by atoms with Gasteiger partial charge in [0, 0.05) is 76.8 Å². The van der Waals surface area contributed by atoms with Crippen molar-refractivity contribution in [3.05, 3.63) is 58.7 Å². The lowest BCUT2D eigenvalue weighted by atomic mass is 10.1. The van der Waals surface area contributed by atoms with Gasteiger partial charge in [0.15, 0.2) is 0 Å². The van der Waals surface area contributed by atoms with Crippen LogP contribution < -0.4 is 36.4 Å². The minimum Gasteiger partial charge on any atom is -0.444 e. The van der Waals surface area contributed by atoms with Crippen LogP contribution in [0.25, 0.3) is 0 Å². The van der Waals surface area contributed by atoms with Crippen LogP contribution in [0, 0.1) is 13.8 Å². The van der Waals surface area contributed by atoms with E-state index in [9.17, 15) is 33.6 Å². The molecule has 2 aromatic rings. The van der Waals surface area contributed by atoms with E-state index >= 15 is 0 Å². The van der Waals surface area contributed by atoms with Crippen LogP contribution in [0.4, 0.5) is 25.8 Å². The summed E-state index contributed by atoms with van der Waals surface area (Å²) in [5.74, 6) is -0.569. The van der Waals surface area contributed by atoms with E-state index in [1.807, 2.05) is 78.1 Å². The molecule has 0 aliphatic carbocycles. The van der Waals surface area contributed by atoms with Crippen LogP contribution in [-0.2, 0) is 37.0 Å². The summed E-state index contributed by atoms with van der Waals surface area (Å²) in [4.78, 5) is 87.3. The maximum atomic E-state index is 12.2. The van der Waals surface area contributed by atoms with Gasteiger partial charge in [-0.15, -0.1) is 0 Å². The summed E-state index contributed by atoms with van der Waals surface area (Å²) in [5, 5.41) is 13.5. The van der Waals surface area contributed by atoms with Gasteiger partial charge in [-0.25, -0.2) is 14.4 Å². The van der Waals surface area contributed by atoms with Crippen molar-refractivity contribution < 1.29 is 38.3 Å². The molecule has 312 valence electrons. The smallest absolute Gasteiger partial charge is 0.410 e. The van der Waals surface area contributed by atoms with Gasteiger partial charge in [0.1, 0.15) is 5.60 Å². The molecule has 4 rings (SSSR count). The normalized spacial score (nSPS) is 14.2. The first-order valence-corrected chi connectivity index (χ1v) is 19.5. The zero-order valence-electron chi connectivity index (χ0n) is 34.5. The summed E-state index contributed by atoms with van der Waals surface area (Å²) < 4.78 is 5.30. The van der Waals surface area contributed by atoms with Crippen LogP contribution in [0.5, 0.6) is 0 Å². The van der Waals surface area contributed by atoms with Gasteiger partial charge >= 0.3 is 18.2 Å². The third kappa shape index (κ3) is 15.9. The number of imide groups is 2. The van der Waals surface area contributed by atoms with Gasteiger partial charge in [0.25, 0.3) is 0 Å². The van der Waals surface area contributed by atoms with E-state index in [0.29, 0.717) is 64.1 Å². The van der Waals surface area contributed by atoms with Crippen molar-refractivity contribution in [1.82, 2.24) is 31.5 Å². The number of amides is 9. The number of hydrogen-bond donors (Lipinski definition) is 5. The number of nitrogens with one attached hydrogen (secondary N) is 5. The Kier molecular flexibility index (Phi) is 17.9. The van der Waals surface area contributed by atoms with E-state index in [0.717, 1.165) is 47.3 Å². The van der Waals surface area contributed by atoms with Crippen LogP contribution in [0.1, 0.15) is 94.4 Å². The summed E-state index contributed by atoms with van der Waals surface area (Å²) in [6.07, 6.45) is 4.22. The quantitative estimate of drug-likeness (QED) is 0.152. The predicted molar refractivity (Wildman–Crippen MR) is 218 cm³/mol. The van der Waals surface area contributed by atoms with Crippen molar-refractivity contribution >= 4 is 53.2 Å². The van der Waals surface area contributed by atoms with Gasteiger partial charge in [-0.1, -0.05) is 12.1 Å². The second-order valence-electron chi connectivity index (χ2n) is 15.2. The third-order valence-electron chi connectivity index (χ3n) is 9.28. The average molecular weight is 793 g/mol. The van der Waals surface area contributed by atoms with Crippen LogP contribution in [0.2, 0.25) is 0 Å². The molecule has 0 spiro atoms. The molecule has 2 saturated heterocycles. The van der Waals surface area contributed by atoms with Crippen molar-refractivity contribution in [2.75, 3.05) is 50.1 Å². The molecule has 0 saturated carbocycles. The molecule has 9 amide bonds. The molecule has 0 aromatic heterocycles. The number of benzene rings is 2. The molecule has 0 unspecified atom stereocenters. The zero-order valence-corrected chi connectivity index (χ0v) is 34.5. The lowest BCUT2D eigenvalue weighted by molar-refractivity contribution is -0.122. The monoisotopic (exact) mass is 792 g/mol. The van der Waals surface area contributed by atoms with Gasteiger partial charge in [-0.05, 0) is 120 Å². The van der Waals surface area contributed by atoms with Crippen LogP contribution in [0.15, 0.2) is 36.4 Å². The first kappa shape index (κ1) is 45.9. The largest absolute Gasteiger partial charge is 0.444 e. The number of ether oxygens (including phenoxy) is 1. The molecular weight excluding hydrogens is 732 g/mol. The fourth-order valence-corrected chi connectivity index (χ4v) is 5.87. The van der Waals surface area contributed by atoms with E-state index in [1.54, 1.807) is 11.9 Å². The maximum Gasteiger partial charge on any atom is 0.410 e. The zero-order chi connectivity index (χ0) is 42.1. The van der Waals surface area contributed by atoms with Gasteiger partial charge in [-0.2, -0.15) is 0 Å². The lowest BCUT2D eigenvalue weighted by Gasteiger charge is -2.27. The maximum absolute atomic E-state index is 12.2. The van der Waals surface area contributed by atoms with Crippen LogP contribution in [-0.4, -0.2) is 92.6 Å². The number of unbranched alkanes of at least 4 members (excludes halogenated alkanes) is 2. The summed E-state index contributed by atoms with van der Waals surface area (Å²) in [7, 11) is 3.58. The highest BCUT2D eigenvalue weighted by molar-refractivity contribution is 6.06. The van der Waals surface area contributed by atoms with Gasteiger partial charge < -0.3 is 25.6 Å². The standard InChI is InChI=1S/C23H34N4O5.C18H26N4O3/c1-16-9-10-18(27-13-11-20(29)25-21(27)30)14-17(16)15-24-19(28)8-6-7-12-26(5)22(31)32-23(2,3)4;1-13-6-7-15(22-10-8-17(24)21-18(22)25)11-14(13)12-20-16(23)5-3-4-9-19-2/h9-10,14H,6-8,11-13,15H2,1-5H3,(H,24,28)(H,25,29,30);6-7,11,19H,3-5,8-10,12H2,1-2H3,(H,20,23)(H,21,24,25). The van der Waals surface area contributed by atoms with Gasteiger partial charge in [0.2, 0.25) is 23.6 Å². The first-order chi connectivity index (χ1) is 27.0. The van der Waals surface area contributed by atoms with E-state index in [2.05, 4.69) is 26.6 Å². The van der Waals surface area contributed by atoms with Crippen molar-refractivity contribution in [2.45, 2.75) is 105 Å². The number of anilines is 2. The van der Waals surface area contributed by atoms with E-state index < -0.39 is 17.7 Å². The topological polar surface area (TPSA) is 199 Å². The fraction of sp³-hybridized carbons (Fsp3) is 0.537. The lowest BCUT2D eigenvalue weighted by Crippen LogP contribution is -2.49. The van der Waals surface area contributed by atoms with Crippen molar-refractivity contribution in [1.29, 1.82) is 0 Å². The molecule has 2 aliphatic rings. The molecule has 5 N–H and O–H groups in total. The molecular formula is C41H60N8O8. The number of hydrogen-bond acceptors (Lipinski definition) is 9. The molecule has 2 aliphatic heterocycles. The summed E-state index contributed by atoms with van der Waals surface area (Å²) >= 11 is 0. The van der Waals surface area contributed by atoms with Crippen LogP contribution in [0.3, 0.4) is 0 Å². The molecule has 16 heteroatoms. The second-order valence-corrected chi connectivity index (χ2v) is 15.2. The predicted octanol–water partition coefficient (Wildman–Crippen LogP) is 4.54. The highest BCUT2D eigenvalue weighted by atomic mass is 16.6. The minimum atomic E-state index is -0.532. The fourth-order valence-electron chi connectivity index (χ4n) is 5.87. The Morgan fingerprint density at radius 3 is 1.61 bits per heavy atom. The molecule has 0 radical (unpaired) electrons. The van der Waals surface area contributed by atoms with Crippen molar-refractivity contribution in [3.8, 4) is 0 Å². The Morgan fingerprint density at radius 1 is 0.737 bits per heavy atom. The Morgan fingerprint density at radius 2 is 1.19 bits per heavy atom. The van der Waals surface area contributed by atoms with Crippen molar-refractivity contribution in [3.63, 3.8) is 0 Å². The second kappa shape index (κ2) is 22.3. The molecule has 2 heterocycles. The number of nitrogens with zero attached hydrogens (tertiary/aromatic N) is 3. The number of carbonyl (C=O) groups excluding carboxylic acids is 7. The Bertz CT molecular complexity index is 1760. The average Bonchev–Trinajstić information content (AvgIpc) is 3.14. The summed E-state index contributed by atoms with van der Waals surface area (Å²) in [5.41, 5.74) is 4.81. The number of rotatable bonds is 16. The molecule has 57 heavy (non-hydrogen) atoms. The van der Waals surface area contributed by atoms with Crippen molar-refractivity contribution in [2.24, 2.45) is 0 Å². The molecule has 2 fully saturated rings. The Balaban J connectivity index is 0.000000315. The SMILES string of the molecule is CNCCCCC(=O)NCc1cc(N2CCC(=O)NC2=O)ccc1C.Cc1ccc(N2CCC(=O)NC2=O)cc1CNC(=O)CCCCN(C)C(=O)OC(C)(C)C. The Hall–Kier alpha value is -5.51. The molecule has 0 bridgehead atoms. The molecule has 2 aromatic carbocycles. The third-order valence-corrected chi connectivity index (χ3v) is 9.28. The first-order valence-electron chi connectivity index (χ1n) is 19.5. The summed E-state index contributed by atoms with van der Waals surface area (Å²) in [6, 6.07) is 10.4. The number of urea groups is 2. The Labute approximate surface area is 335 Å². The van der Waals surface area contributed by atoms with Crippen LogP contribution >= 0.6 is 0 Å². The van der Waals surface area contributed by atoms with E-state index in [-0.39, 0.29) is 42.6 Å².